The van der Waals surface area contributed by atoms with E-state index in [2.05, 4.69) is 10.2 Å². The number of amides is 2. The smallest absolute Gasteiger partial charge is 0.269 e. The number of nitro benzene ring substituents is 1. The first kappa shape index (κ1) is 29.3. The van der Waals surface area contributed by atoms with E-state index in [-0.39, 0.29) is 17.5 Å². The Hall–Kier alpha value is -4.22. The normalized spacial score (nSPS) is 19.1. The van der Waals surface area contributed by atoms with Gasteiger partial charge in [-0.25, -0.2) is 8.78 Å². The molecule has 1 aliphatic heterocycles. The SMILES string of the molecule is Cc1ccc(N(C(=O)C2CC2c2ccc(F)c(F)c2)C(C(=O)NCCN2CCOCC2)c2ccc([N+](=O)[O-])cc2)cc1. The molecule has 0 bridgehead atoms. The third kappa shape index (κ3) is 6.63. The van der Waals surface area contributed by atoms with Gasteiger partial charge in [-0.05, 0) is 66.8 Å². The lowest BCUT2D eigenvalue weighted by molar-refractivity contribution is -0.384. The molecule has 1 saturated heterocycles. The molecule has 0 spiro atoms. The van der Waals surface area contributed by atoms with E-state index < -0.39 is 34.4 Å². The van der Waals surface area contributed by atoms with Crippen molar-refractivity contribution >= 4 is 23.2 Å². The summed E-state index contributed by atoms with van der Waals surface area (Å²) in [6.45, 7) is 5.58. The molecule has 2 amide bonds. The lowest BCUT2D eigenvalue weighted by Crippen LogP contribution is -2.47. The van der Waals surface area contributed by atoms with Crippen LogP contribution in [0.25, 0.3) is 0 Å². The van der Waals surface area contributed by atoms with Crippen LogP contribution in [0.1, 0.15) is 35.1 Å². The van der Waals surface area contributed by atoms with E-state index in [1.807, 2.05) is 19.1 Å². The number of nitro groups is 1. The monoisotopic (exact) mass is 578 g/mol. The third-order valence-corrected chi connectivity index (χ3v) is 7.79. The molecule has 3 aromatic carbocycles. The van der Waals surface area contributed by atoms with Crippen molar-refractivity contribution in [1.29, 1.82) is 0 Å². The number of non-ortho nitro benzene ring substituents is 1. The van der Waals surface area contributed by atoms with Gasteiger partial charge in [0.05, 0.1) is 18.1 Å². The first-order valence-electron chi connectivity index (χ1n) is 13.9. The summed E-state index contributed by atoms with van der Waals surface area (Å²) in [6, 6.07) is 15.2. The van der Waals surface area contributed by atoms with Gasteiger partial charge in [-0.2, -0.15) is 0 Å². The molecule has 3 aromatic rings. The van der Waals surface area contributed by atoms with Gasteiger partial charge in [-0.1, -0.05) is 23.8 Å². The Morgan fingerprint density at radius 1 is 1.05 bits per heavy atom. The Bertz CT molecular complexity index is 1440. The number of hydrogen-bond acceptors (Lipinski definition) is 6. The number of anilines is 1. The van der Waals surface area contributed by atoms with E-state index in [0.717, 1.165) is 30.8 Å². The zero-order valence-electron chi connectivity index (χ0n) is 23.2. The molecule has 1 saturated carbocycles. The van der Waals surface area contributed by atoms with E-state index >= 15 is 0 Å². The molecule has 3 unspecified atom stereocenters. The maximum atomic E-state index is 14.2. The second-order valence-electron chi connectivity index (χ2n) is 10.7. The predicted octanol–water partition coefficient (Wildman–Crippen LogP) is 4.51. The highest BCUT2D eigenvalue weighted by atomic mass is 19.2. The fourth-order valence-corrected chi connectivity index (χ4v) is 5.32. The molecule has 2 fully saturated rings. The van der Waals surface area contributed by atoms with Crippen LogP contribution in [0.3, 0.4) is 0 Å². The molecule has 0 aromatic heterocycles. The average Bonchev–Trinajstić information content (AvgIpc) is 3.79. The topological polar surface area (TPSA) is 105 Å². The van der Waals surface area contributed by atoms with Crippen molar-refractivity contribution in [2.45, 2.75) is 25.3 Å². The number of benzene rings is 3. The summed E-state index contributed by atoms with van der Waals surface area (Å²) in [5.74, 6) is -3.61. The summed E-state index contributed by atoms with van der Waals surface area (Å²) in [5, 5.41) is 14.3. The molecule has 1 N–H and O–H groups in total. The molecule has 0 radical (unpaired) electrons. The van der Waals surface area contributed by atoms with Gasteiger partial charge in [0.1, 0.15) is 6.04 Å². The van der Waals surface area contributed by atoms with Crippen molar-refractivity contribution in [3.05, 3.63) is 105 Å². The number of nitrogens with zero attached hydrogens (tertiary/aromatic N) is 3. The summed E-state index contributed by atoms with van der Waals surface area (Å²) in [7, 11) is 0. The van der Waals surface area contributed by atoms with Crippen molar-refractivity contribution in [3.8, 4) is 0 Å². The van der Waals surface area contributed by atoms with E-state index in [1.54, 1.807) is 12.1 Å². The van der Waals surface area contributed by atoms with E-state index in [1.165, 1.54) is 35.2 Å². The van der Waals surface area contributed by atoms with Crippen LogP contribution >= 0.6 is 0 Å². The molecule has 1 aliphatic carbocycles. The van der Waals surface area contributed by atoms with Crippen LogP contribution < -0.4 is 10.2 Å². The number of halogens is 2. The minimum atomic E-state index is -1.13. The van der Waals surface area contributed by atoms with Crippen molar-refractivity contribution in [2.24, 2.45) is 5.92 Å². The molecule has 5 rings (SSSR count). The molecule has 1 heterocycles. The number of nitrogens with one attached hydrogen (secondary N) is 1. The number of ether oxygens (including phenoxy) is 1. The van der Waals surface area contributed by atoms with Gasteiger partial charge in [-0.3, -0.25) is 29.5 Å². The average molecular weight is 579 g/mol. The van der Waals surface area contributed by atoms with Crippen LogP contribution in [0.4, 0.5) is 20.2 Å². The Labute approximate surface area is 242 Å². The Morgan fingerprint density at radius 3 is 2.38 bits per heavy atom. The Balaban J connectivity index is 1.47. The summed E-state index contributed by atoms with van der Waals surface area (Å²) in [5.41, 5.74) is 2.22. The zero-order chi connectivity index (χ0) is 29.8. The zero-order valence-corrected chi connectivity index (χ0v) is 23.2. The summed E-state index contributed by atoms with van der Waals surface area (Å²) < 4.78 is 32.9. The molecule has 42 heavy (non-hydrogen) atoms. The van der Waals surface area contributed by atoms with Crippen molar-refractivity contribution in [2.75, 3.05) is 44.3 Å². The molecular weight excluding hydrogens is 546 g/mol. The lowest BCUT2D eigenvalue weighted by atomic mass is 10.0. The van der Waals surface area contributed by atoms with Crippen molar-refractivity contribution < 1.29 is 28.0 Å². The molecular formula is C31H32F2N4O5. The van der Waals surface area contributed by atoms with Gasteiger partial charge >= 0.3 is 0 Å². The van der Waals surface area contributed by atoms with Crippen molar-refractivity contribution in [3.63, 3.8) is 0 Å². The predicted molar refractivity (Wildman–Crippen MR) is 152 cm³/mol. The number of morpholine rings is 1. The highest BCUT2D eigenvalue weighted by Crippen LogP contribution is 2.50. The van der Waals surface area contributed by atoms with Crippen LogP contribution in [-0.4, -0.2) is 61.0 Å². The number of carbonyl (C=O) groups excluding carboxylic acids is 2. The van der Waals surface area contributed by atoms with Gasteiger partial charge in [-0.15, -0.1) is 0 Å². The summed E-state index contributed by atoms with van der Waals surface area (Å²) in [4.78, 5) is 42.5. The largest absolute Gasteiger partial charge is 0.379 e. The van der Waals surface area contributed by atoms with Gasteiger partial charge in [0.2, 0.25) is 11.8 Å². The van der Waals surface area contributed by atoms with E-state index in [9.17, 15) is 28.5 Å². The molecule has 3 atom stereocenters. The van der Waals surface area contributed by atoms with Crippen LogP contribution in [0.2, 0.25) is 0 Å². The number of hydrogen-bond donors (Lipinski definition) is 1. The van der Waals surface area contributed by atoms with Crippen LogP contribution in [0.15, 0.2) is 66.7 Å². The van der Waals surface area contributed by atoms with Crippen LogP contribution in [0.5, 0.6) is 0 Å². The summed E-state index contributed by atoms with van der Waals surface area (Å²) in [6.07, 6.45) is 0.415. The minimum absolute atomic E-state index is 0.140. The standard InChI is InChI=1S/C31H32F2N4O5/c1-20-2-7-23(8-3-20)36(31(39)26-19-25(26)22-6-11-27(32)28(33)18-22)29(21-4-9-24(10-5-21)37(40)41)30(38)34-12-13-35-14-16-42-17-15-35/h2-11,18,25-26,29H,12-17,19H2,1H3,(H,34,38). The highest BCUT2D eigenvalue weighted by molar-refractivity contribution is 6.04. The fraction of sp³-hybridized carbons (Fsp3) is 0.355. The highest BCUT2D eigenvalue weighted by Gasteiger charge is 2.48. The van der Waals surface area contributed by atoms with Crippen LogP contribution in [-0.2, 0) is 14.3 Å². The number of carbonyl (C=O) groups is 2. The number of rotatable bonds is 10. The van der Waals surface area contributed by atoms with E-state index in [0.29, 0.717) is 49.5 Å². The third-order valence-electron chi connectivity index (χ3n) is 7.79. The Kier molecular flexibility index (Phi) is 8.89. The van der Waals surface area contributed by atoms with Gasteiger partial charge in [0.25, 0.3) is 5.69 Å². The second kappa shape index (κ2) is 12.7. The van der Waals surface area contributed by atoms with Crippen molar-refractivity contribution in [1.82, 2.24) is 10.2 Å². The Morgan fingerprint density at radius 2 is 1.74 bits per heavy atom. The van der Waals surface area contributed by atoms with Gasteiger partial charge in [0.15, 0.2) is 11.6 Å². The number of aryl methyl sites for hydroxylation is 1. The fourth-order valence-electron chi connectivity index (χ4n) is 5.32. The van der Waals surface area contributed by atoms with Gasteiger partial charge in [0, 0.05) is 49.9 Å². The maximum Gasteiger partial charge on any atom is 0.269 e. The van der Waals surface area contributed by atoms with E-state index in [4.69, 9.17) is 4.74 Å². The summed E-state index contributed by atoms with van der Waals surface area (Å²) >= 11 is 0. The van der Waals surface area contributed by atoms with Crippen LogP contribution in [0, 0.1) is 34.6 Å². The van der Waals surface area contributed by atoms with Gasteiger partial charge < -0.3 is 10.1 Å². The molecule has 220 valence electrons. The maximum absolute atomic E-state index is 14.2. The first-order valence-corrected chi connectivity index (χ1v) is 13.9. The molecule has 9 nitrogen and oxygen atoms in total. The molecule has 2 aliphatic rings. The minimum Gasteiger partial charge on any atom is -0.379 e. The molecule has 11 heteroatoms. The quantitative estimate of drug-likeness (QED) is 0.281. The second-order valence-corrected chi connectivity index (χ2v) is 10.7. The first-order chi connectivity index (χ1) is 20.2. The lowest BCUT2D eigenvalue weighted by Gasteiger charge is -2.32.